The molecular weight excluding hydrogens is 364 g/mol. The maximum Gasteiger partial charge on any atom is 0.349 e. The molecule has 0 fully saturated rings. The van der Waals surface area contributed by atoms with Gasteiger partial charge in [0.2, 0.25) is 5.89 Å². The molecule has 27 heavy (non-hydrogen) atoms. The Kier molecular flexibility index (Phi) is 3.55. The summed E-state index contributed by atoms with van der Waals surface area (Å²) in [7, 11) is 0. The smallest absolute Gasteiger partial charge is 0.349 e. The van der Waals surface area contributed by atoms with E-state index in [4.69, 9.17) is 20.4 Å². The minimum absolute atomic E-state index is 0.114. The highest BCUT2D eigenvalue weighted by Gasteiger charge is 2.16. The Bertz CT molecular complexity index is 1350. The fourth-order valence-corrected chi connectivity index (χ4v) is 3.19. The molecule has 0 aliphatic rings. The van der Waals surface area contributed by atoms with Crippen molar-refractivity contribution in [3.05, 3.63) is 82.2 Å². The zero-order valence-corrected chi connectivity index (χ0v) is 14.6. The van der Waals surface area contributed by atoms with Crippen LogP contribution in [0.25, 0.3) is 44.7 Å². The van der Waals surface area contributed by atoms with Crippen LogP contribution in [-0.2, 0) is 0 Å². The Labute approximate surface area is 157 Å². The van der Waals surface area contributed by atoms with Crippen molar-refractivity contribution < 1.29 is 8.83 Å². The average Bonchev–Trinajstić information content (AvgIpc) is 3.17. The van der Waals surface area contributed by atoms with E-state index < -0.39 is 5.63 Å². The minimum atomic E-state index is -0.524. The van der Waals surface area contributed by atoms with E-state index in [9.17, 15) is 4.79 Å². The summed E-state index contributed by atoms with van der Waals surface area (Å²) in [6.07, 6.45) is 0. The molecule has 0 saturated heterocycles. The summed E-state index contributed by atoms with van der Waals surface area (Å²) >= 11 is 5.90. The SMILES string of the molecule is O=c1oc2ccc3ccccc3c2cc1-c1nnc(-c2ccc(Cl)cc2)o1. The van der Waals surface area contributed by atoms with E-state index in [0.29, 0.717) is 22.1 Å². The van der Waals surface area contributed by atoms with E-state index in [0.717, 1.165) is 16.2 Å². The van der Waals surface area contributed by atoms with Crippen LogP contribution in [0, 0.1) is 0 Å². The fraction of sp³-hybridized carbons (Fsp3) is 0. The number of hydrogen-bond acceptors (Lipinski definition) is 5. The molecule has 0 amide bonds. The monoisotopic (exact) mass is 374 g/mol. The van der Waals surface area contributed by atoms with Gasteiger partial charge < -0.3 is 8.83 Å². The molecule has 2 heterocycles. The van der Waals surface area contributed by atoms with Crippen molar-refractivity contribution in [2.24, 2.45) is 0 Å². The first kappa shape index (κ1) is 15.8. The summed E-state index contributed by atoms with van der Waals surface area (Å²) in [5.41, 5.74) is 0.935. The van der Waals surface area contributed by atoms with Crippen molar-refractivity contribution in [3.63, 3.8) is 0 Å². The van der Waals surface area contributed by atoms with Crippen LogP contribution in [0.4, 0.5) is 0 Å². The molecule has 0 unspecified atom stereocenters. The quantitative estimate of drug-likeness (QED) is 0.309. The predicted molar refractivity (Wildman–Crippen MR) is 104 cm³/mol. The first-order chi connectivity index (χ1) is 13.2. The molecule has 6 heteroatoms. The van der Waals surface area contributed by atoms with Gasteiger partial charge in [-0.3, -0.25) is 0 Å². The van der Waals surface area contributed by atoms with Crippen molar-refractivity contribution in [1.82, 2.24) is 10.2 Å². The summed E-state index contributed by atoms with van der Waals surface area (Å²) < 4.78 is 11.2. The lowest BCUT2D eigenvalue weighted by atomic mass is 10.0. The van der Waals surface area contributed by atoms with E-state index in [-0.39, 0.29) is 11.5 Å². The highest BCUT2D eigenvalue weighted by Crippen LogP contribution is 2.29. The van der Waals surface area contributed by atoms with Gasteiger partial charge in [0.25, 0.3) is 5.89 Å². The second-order valence-electron chi connectivity index (χ2n) is 6.07. The zero-order chi connectivity index (χ0) is 18.4. The highest BCUT2D eigenvalue weighted by atomic mass is 35.5. The fourth-order valence-electron chi connectivity index (χ4n) is 3.06. The molecule has 0 spiro atoms. The van der Waals surface area contributed by atoms with Crippen LogP contribution in [0.5, 0.6) is 0 Å². The maximum atomic E-state index is 12.4. The molecule has 3 aromatic carbocycles. The number of fused-ring (bicyclic) bond motifs is 3. The lowest BCUT2D eigenvalue weighted by Crippen LogP contribution is -2.03. The Balaban J connectivity index is 1.69. The van der Waals surface area contributed by atoms with Gasteiger partial charge in [-0.05, 0) is 47.2 Å². The summed E-state index contributed by atoms with van der Waals surface area (Å²) in [5, 5.41) is 11.5. The van der Waals surface area contributed by atoms with Crippen molar-refractivity contribution in [3.8, 4) is 22.9 Å². The minimum Gasteiger partial charge on any atom is -0.422 e. The summed E-state index contributed by atoms with van der Waals surface area (Å²) in [4.78, 5) is 12.4. The van der Waals surface area contributed by atoms with Gasteiger partial charge in [-0.2, -0.15) is 0 Å². The summed E-state index contributed by atoms with van der Waals surface area (Å²) in [5.74, 6) is 0.419. The first-order valence-electron chi connectivity index (χ1n) is 8.24. The molecule has 0 saturated carbocycles. The van der Waals surface area contributed by atoms with Crippen LogP contribution in [-0.4, -0.2) is 10.2 Å². The van der Waals surface area contributed by atoms with Crippen LogP contribution in [0.3, 0.4) is 0 Å². The standard InChI is InChI=1S/C21H11ClN2O3/c22-14-8-5-13(6-9-14)19-23-24-20(27-19)17-11-16-15-4-2-1-3-12(15)7-10-18(16)26-21(17)25/h1-11H. The molecular formula is C21H11ClN2O3. The third-order valence-electron chi connectivity index (χ3n) is 4.39. The number of halogens is 1. The van der Waals surface area contributed by atoms with Gasteiger partial charge >= 0.3 is 5.63 Å². The van der Waals surface area contributed by atoms with Gasteiger partial charge in [0, 0.05) is 16.0 Å². The summed E-state index contributed by atoms with van der Waals surface area (Å²) in [6.45, 7) is 0. The van der Waals surface area contributed by atoms with Crippen molar-refractivity contribution in [2.45, 2.75) is 0 Å². The Morgan fingerprint density at radius 3 is 2.41 bits per heavy atom. The molecule has 5 aromatic rings. The molecule has 0 aliphatic heterocycles. The van der Waals surface area contributed by atoms with Gasteiger partial charge in [0.1, 0.15) is 11.1 Å². The number of nitrogens with zero attached hydrogens (tertiary/aromatic N) is 2. The van der Waals surface area contributed by atoms with Crippen LogP contribution >= 0.6 is 11.6 Å². The van der Waals surface area contributed by atoms with E-state index in [1.54, 1.807) is 36.4 Å². The molecule has 0 bridgehead atoms. The molecule has 0 aliphatic carbocycles. The molecule has 0 N–H and O–H groups in total. The van der Waals surface area contributed by atoms with Gasteiger partial charge in [0.15, 0.2) is 0 Å². The van der Waals surface area contributed by atoms with E-state index in [1.165, 1.54) is 0 Å². The number of benzene rings is 3. The first-order valence-corrected chi connectivity index (χ1v) is 8.62. The van der Waals surface area contributed by atoms with Crippen LogP contribution in [0.2, 0.25) is 5.02 Å². The Hall–Kier alpha value is -3.44. The van der Waals surface area contributed by atoms with Crippen molar-refractivity contribution >= 4 is 33.3 Å². The third kappa shape index (κ3) is 2.69. The number of rotatable bonds is 2. The van der Waals surface area contributed by atoms with Gasteiger partial charge in [-0.15, -0.1) is 10.2 Å². The number of hydrogen-bond donors (Lipinski definition) is 0. The topological polar surface area (TPSA) is 69.1 Å². The Morgan fingerprint density at radius 2 is 1.56 bits per heavy atom. The van der Waals surface area contributed by atoms with E-state index in [1.807, 2.05) is 30.3 Å². The maximum absolute atomic E-state index is 12.4. The second kappa shape index (κ2) is 6.07. The van der Waals surface area contributed by atoms with Crippen LogP contribution in [0.1, 0.15) is 0 Å². The number of aromatic nitrogens is 2. The molecule has 5 nitrogen and oxygen atoms in total. The molecule has 130 valence electrons. The van der Waals surface area contributed by atoms with Crippen LogP contribution < -0.4 is 5.63 Å². The van der Waals surface area contributed by atoms with Crippen molar-refractivity contribution in [2.75, 3.05) is 0 Å². The van der Waals surface area contributed by atoms with Gasteiger partial charge in [-0.25, -0.2) is 4.79 Å². The van der Waals surface area contributed by atoms with Crippen LogP contribution in [0.15, 0.2) is 80.4 Å². The molecule has 0 atom stereocenters. The summed E-state index contributed by atoms with van der Waals surface area (Å²) in [6, 6.07) is 20.4. The van der Waals surface area contributed by atoms with E-state index in [2.05, 4.69) is 10.2 Å². The van der Waals surface area contributed by atoms with Gasteiger partial charge in [-0.1, -0.05) is 41.9 Å². The lowest BCUT2D eigenvalue weighted by molar-refractivity contribution is 0.547. The third-order valence-corrected chi connectivity index (χ3v) is 4.64. The largest absolute Gasteiger partial charge is 0.422 e. The average molecular weight is 375 g/mol. The molecule has 0 radical (unpaired) electrons. The normalized spacial score (nSPS) is 11.3. The highest BCUT2D eigenvalue weighted by molar-refractivity contribution is 6.30. The lowest BCUT2D eigenvalue weighted by Gasteiger charge is -2.03. The van der Waals surface area contributed by atoms with E-state index >= 15 is 0 Å². The van der Waals surface area contributed by atoms with Crippen molar-refractivity contribution in [1.29, 1.82) is 0 Å². The second-order valence-corrected chi connectivity index (χ2v) is 6.50. The Morgan fingerprint density at radius 1 is 0.778 bits per heavy atom. The predicted octanol–water partition coefficient (Wildman–Crippen LogP) is 5.32. The molecule has 5 rings (SSSR count). The molecule has 2 aromatic heterocycles. The van der Waals surface area contributed by atoms with Gasteiger partial charge in [0.05, 0.1) is 0 Å². The zero-order valence-electron chi connectivity index (χ0n) is 13.8.